The summed E-state index contributed by atoms with van der Waals surface area (Å²) in [7, 11) is 4.24. The van der Waals surface area contributed by atoms with Crippen molar-refractivity contribution in [3.63, 3.8) is 0 Å². The Morgan fingerprint density at radius 2 is 1.95 bits per heavy atom. The Morgan fingerprint density at radius 1 is 1.24 bits per heavy atom. The molecule has 1 aliphatic heterocycles. The van der Waals surface area contributed by atoms with E-state index in [1.807, 2.05) is 6.92 Å². The Kier molecular flexibility index (Phi) is 5.99. The molecule has 118 valence electrons. The Morgan fingerprint density at radius 3 is 2.57 bits per heavy atom. The standard InChI is InChI=1S/C14H24ClN5O/c1-4-9-21-14-17-12(15)16-13(18-14)20-7-5-11(6-8-20)10-19(2)3/h11H,4-10H2,1-3H3. The van der Waals surface area contributed by atoms with E-state index in [-0.39, 0.29) is 5.28 Å². The van der Waals surface area contributed by atoms with Gasteiger partial charge in [0.25, 0.3) is 0 Å². The monoisotopic (exact) mass is 313 g/mol. The second-order valence-electron chi connectivity index (χ2n) is 5.73. The van der Waals surface area contributed by atoms with E-state index in [0.29, 0.717) is 18.6 Å². The molecule has 2 heterocycles. The van der Waals surface area contributed by atoms with Crippen molar-refractivity contribution in [1.29, 1.82) is 0 Å². The number of hydrogen-bond donors (Lipinski definition) is 0. The lowest BCUT2D eigenvalue weighted by atomic mass is 9.97. The zero-order valence-corrected chi connectivity index (χ0v) is 13.8. The minimum Gasteiger partial charge on any atom is -0.463 e. The molecule has 0 radical (unpaired) electrons. The summed E-state index contributed by atoms with van der Waals surface area (Å²) < 4.78 is 5.46. The highest BCUT2D eigenvalue weighted by molar-refractivity contribution is 6.28. The minimum absolute atomic E-state index is 0.196. The van der Waals surface area contributed by atoms with Crippen LogP contribution in [0.15, 0.2) is 0 Å². The zero-order valence-electron chi connectivity index (χ0n) is 13.0. The molecule has 0 saturated carbocycles. The summed E-state index contributed by atoms with van der Waals surface area (Å²) in [6.07, 6.45) is 3.20. The molecule has 0 aromatic carbocycles. The molecular formula is C14H24ClN5O. The van der Waals surface area contributed by atoms with Crippen LogP contribution < -0.4 is 9.64 Å². The topological polar surface area (TPSA) is 54.4 Å². The quantitative estimate of drug-likeness (QED) is 0.801. The van der Waals surface area contributed by atoms with Crippen molar-refractivity contribution in [3.8, 4) is 6.01 Å². The van der Waals surface area contributed by atoms with Crippen molar-refractivity contribution in [2.24, 2.45) is 5.92 Å². The lowest BCUT2D eigenvalue weighted by molar-refractivity contribution is 0.280. The van der Waals surface area contributed by atoms with Gasteiger partial charge in [-0.05, 0) is 50.9 Å². The van der Waals surface area contributed by atoms with Gasteiger partial charge in [-0.1, -0.05) is 6.92 Å². The van der Waals surface area contributed by atoms with Crippen LogP contribution in [0, 0.1) is 5.92 Å². The highest BCUT2D eigenvalue weighted by Gasteiger charge is 2.22. The summed E-state index contributed by atoms with van der Waals surface area (Å²) in [5, 5.41) is 0.196. The molecule has 2 rings (SSSR count). The van der Waals surface area contributed by atoms with Gasteiger partial charge >= 0.3 is 6.01 Å². The molecule has 1 aromatic heterocycles. The van der Waals surface area contributed by atoms with E-state index in [1.165, 1.54) is 0 Å². The second-order valence-corrected chi connectivity index (χ2v) is 6.07. The first kappa shape index (κ1) is 16.2. The maximum atomic E-state index is 5.97. The number of piperidine rings is 1. The normalized spacial score (nSPS) is 16.5. The molecule has 0 amide bonds. The predicted molar refractivity (Wildman–Crippen MR) is 84.1 cm³/mol. The van der Waals surface area contributed by atoms with Crippen LogP contribution in [0.3, 0.4) is 0 Å². The van der Waals surface area contributed by atoms with Crippen LogP contribution in [0.2, 0.25) is 5.28 Å². The van der Waals surface area contributed by atoms with Crippen molar-refractivity contribution in [2.75, 3.05) is 45.2 Å². The molecule has 1 saturated heterocycles. The lowest BCUT2D eigenvalue weighted by Crippen LogP contribution is -2.38. The molecule has 21 heavy (non-hydrogen) atoms. The number of aromatic nitrogens is 3. The van der Waals surface area contributed by atoms with Gasteiger partial charge in [0.2, 0.25) is 11.2 Å². The number of nitrogens with zero attached hydrogens (tertiary/aromatic N) is 5. The van der Waals surface area contributed by atoms with Gasteiger partial charge < -0.3 is 14.5 Å². The average Bonchev–Trinajstić information content (AvgIpc) is 2.44. The van der Waals surface area contributed by atoms with E-state index in [2.05, 4.69) is 38.8 Å². The summed E-state index contributed by atoms with van der Waals surface area (Å²) in [4.78, 5) is 17.0. The summed E-state index contributed by atoms with van der Waals surface area (Å²) in [6.45, 7) is 5.67. The molecular weight excluding hydrogens is 290 g/mol. The molecule has 0 N–H and O–H groups in total. The third-order valence-corrected chi connectivity index (χ3v) is 3.70. The fourth-order valence-corrected chi connectivity index (χ4v) is 2.70. The molecule has 7 heteroatoms. The SMILES string of the molecule is CCCOc1nc(Cl)nc(N2CCC(CN(C)C)CC2)n1. The zero-order chi connectivity index (χ0) is 15.2. The largest absolute Gasteiger partial charge is 0.463 e. The molecule has 0 aliphatic carbocycles. The average molecular weight is 314 g/mol. The van der Waals surface area contributed by atoms with Crippen LogP contribution >= 0.6 is 11.6 Å². The van der Waals surface area contributed by atoms with E-state index in [1.54, 1.807) is 0 Å². The van der Waals surface area contributed by atoms with Crippen LogP contribution in [-0.2, 0) is 0 Å². The van der Waals surface area contributed by atoms with Crippen molar-refractivity contribution in [2.45, 2.75) is 26.2 Å². The van der Waals surface area contributed by atoms with Gasteiger partial charge in [-0.2, -0.15) is 15.0 Å². The predicted octanol–water partition coefficient (Wildman–Crippen LogP) is 2.09. The van der Waals surface area contributed by atoms with Crippen LogP contribution in [0.4, 0.5) is 5.95 Å². The molecule has 0 spiro atoms. The first-order valence-electron chi connectivity index (χ1n) is 7.52. The Hall–Kier alpha value is -1.14. The summed E-state index contributed by atoms with van der Waals surface area (Å²) in [5.74, 6) is 1.37. The van der Waals surface area contributed by atoms with E-state index in [9.17, 15) is 0 Å². The van der Waals surface area contributed by atoms with Crippen LogP contribution in [0.1, 0.15) is 26.2 Å². The lowest BCUT2D eigenvalue weighted by Gasteiger charge is -2.33. The summed E-state index contributed by atoms with van der Waals surface area (Å²) in [6, 6.07) is 0.322. The van der Waals surface area contributed by atoms with Crippen molar-refractivity contribution < 1.29 is 4.74 Å². The van der Waals surface area contributed by atoms with Gasteiger partial charge in [-0.3, -0.25) is 0 Å². The summed E-state index contributed by atoms with van der Waals surface area (Å²) in [5.41, 5.74) is 0. The highest BCUT2D eigenvalue weighted by atomic mass is 35.5. The molecule has 0 atom stereocenters. The first-order chi connectivity index (χ1) is 10.1. The smallest absolute Gasteiger partial charge is 0.322 e. The third kappa shape index (κ3) is 4.97. The molecule has 6 nitrogen and oxygen atoms in total. The van der Waals surface area contributed by atoms with Crippen molar-refractivity contribution in [3.05, 3.63) is 5.28 Å². The Balaban J connectivity index is 1.97. The molecule has 0 bridgehead atoms. The van der Waals surface area contributed by atoms with E-state index < -0.39 is 0 Å². The van der Waals surface area contributed by atoms with Gasteiger partial charge in [0.1, 0.15) is 0 Å². The third-order valence-electron chi connectivity index (χ3n) is 3.53. The van der Waals surface area contributed by atoms with Gasteiger partial charge in [-0.15, -0.1) is 0 Å². The summed E-state index contributed by atoms with van der Waals surface area (Å²) >= 11 is 5.97. The van der Waals surface area contributed by atoms with E-state index in [4.69, 9.17) is 16.3 Å². The number of halogens is 1. The van der Waals surface area contributed by atoms with Gasteiger partial charge in [0.15, 0.2) is 0 Å². The van der Waals surface area contributed by atoms with Crippen molar-refractivity contribution >= 4 is 17.5 Å². The number of ether oxygens (including phenoxy) is 1. The maximum absolute atomic E-state index is 5.97. The number of rotatable bonds is 6. The minimum atomic E-state index is 0.196. The van der Waals surface area contributed by atoms with E-state index >= 15 is 0 Å². The Bertz CT molecular complexity index is 449. The Labute approximate surface area is 131 Å². The molecule has 1 fully saturated rings. The van der Waals surface area contributed by atoms with Gasteiger partial charge in [0, 0.05) is 19.6 Å². The fraction of sp³-hybridized carbons (Fsp3) is 0.786. The second kappa shape index (κ2) is 7.75. The first-order valence-corrected chi connectivity index (χ1v) is 7.90. The molecule has 0 unspecified atom stereocenters. The van der Waals surface area contributed by atoms with Gasteiger partial charge in [0.05, 0.1) is 6.61 Å². The van der Waals surface area contributed by atoms with E-state index in [0.717, 1.165) is 44.8 Å². The number of hydrogen-bond acceptors (Lipinski definition) is 6. The fourth-order valence-electron chi connectivity index (χ4n) is 2.55. The van der Waals surface area contributed by atoms with Crippen LogP contribution in [-0.4, -0.2) is 60.2 Å². The highest BCUT2D eigenvalue weighted by Crippen LogP contribution is 2.23. The number of anilines is 1. The maximum Gasteiger partial charge on any atom is 0.322 e. The van der Waals surface area contributed by atoms with Gasteiger partial charge in [-0.25, -0.2) is 0 Å². The van der Waals surface area contributed by atoms with Crippen LogP contribution in [0.25, 0.3) is 0 Å². The molecule has 1 aromatic rings. The van der Waals surface area contributed by atoms with Crippen molar-refractivity contribution in [1.82, 2.24) is 19.9 Å². The van der Waals surface area contributed by atoms with Crippen LogP contribution in [0.5, 0.6) is 6.01 Å². The molecule has 1 aliphatic rings.